The van der Waals surface area contributed by atoms with Gasteiger partial charge in [-0.25, -0.2) is 4.39 Å². The standard InChI is InChI=1S/C18H25FN4O2.HI/c1-20-17(21-8-10-25-15-6-3-2-5-14(15)19)23-9-4-7-18(13-23)11-16(24)22-12-18;/h2-3,5-6H,4,7-13H2,1H3,(H,20,21)(H,22,24);1H. The van der Waals surface area contributed by atoms with Gasteiger partial charge in [0.25, 0.3) is 0 Å². The Morgan fingerprint density at radius 3 is 2.96 bits per heavy atom. The van der Waals surface area contributed by atoms with E-state index in [1.807, 2.05) is 0 Å². The van der Waals surface area contributed by atoms with Gasteiger partial charge in [-0.2, -0.15) is 0 Å². The summed E-state index contributed by atoms with van der Waals surface area (Å²) in [6.07, 6.45) is 2.70. The minimum atomic E-state index is -0.358. The zero-order chi connectivity index (χ0) is 17.7. The first-order valence-electron chi connectivity index (χ1n) is 8.72. The number of piperidine rings is 1. The predicted octanol–water partition coefficient (Wildman–Crippen LogP) is 2.00. The first-order chi connectivity index (χ1) is 12.1. The first kappa shape index (κ1) is 20.7. The molecule has 1 aromatic carbocycles. The monoisotopic (exact) mass is 476 g/mol. The molecule has 2 fully saturated rings. The Balaban J connectivity index is 0.00000243. The zero-order valence-corrected chi connectivity index (χ0v) is 17.3. The number of ether oxygens (including phenoxy) is 1. The molecule has 3 rings (SSSR count). The largest absolute Gasteiger partial charge is 0.489 e. The second-order valence-electron chi connectivity index (χ2n) is 6.73. The number of hydrogen-bond donors (Lipinski definition) is 2. The van der Waals surface area contributed by atoms with Gasteiger partial charge in [0.15, 0.2) is 17.5 Å². The lowest BCUT2D eigenvalue weighted by atomic mass is 9.79. The SMILES string of the molecule is CN=C(NCCOc1ccccc1F)N1CCCC2(CNC(=O)C2)C1.I. The molecule has 0 bridgehead atoms. The summed E-state index contributed by atoms with van der Waals surface area (Å²) in [5.74, 6) is 0.841. The van der Waals surface area contributed by atoms with Gasteiger partial charge in [-0.3, -0.25) is 9.79 Å². The molecule has 6 nitrogen and oxygen atoms in total. The number of nitrogens with one attached hydrogen (secondary N) is 2. The lowest BCUT2D eigenvalue weighted by Gasteiger charge is -2.40. The van der Waals surface area contributed by atoms with E-state index in [9.17, 15) is 9.18 Å². The van der Waals surface area contributed by atoms with Crippen LogP contribution in [0.25, 0.3) is 0 Å². The molecule has 2 N–H and O–H groups in total. The van der Waals surface area contributed by atoms with E-state index in [2.05, 4.69) is 20.5 Å². The molecule has 2 aliphatic rings. The Morgan fingerprint density at radius 2 is 2.27 bits per heavy atom. The maximum atomic E-state index is 13.5. The number of hydrogen-bond acceptors (Lipinski definition) is 3. The minimum absolute atomic E-state index is 0. The number of benzene rings is 1. The van der Waals surface area contributed by atoms with Crippen LogP contribution in [0.5, 0.6) is 5.75 Å². The van der Waals surface area contributed by atoms with E-state index in [0.717, 1.165) is 38.4 Å². The number of halogens is 2. The van der Waals surface area contributed by atoms with Gasteiger partial charge in [-0.1, -0.05) is 12.1 Å². The molecule has 1 unspecified atom stereocenters. The van der Waals surface area contributed by atoms with Gasteiger partial charge < -0.3 is 20.3 Å². The van der Waals surface area contributed by atoms with Gasteiger partial charge in [0.1, 0.15) is 6.61 Å². The molecule has 0 radical (unpaired) electrons. The molecule has 2 heterocycles. The van der Waals surface area contributed by atoms with Crippen LogP contribution in [0.15, 0.2) is 29.3 Å². The second-order valence-corrected chi connectivity index (χ2v) is 6.73. The van der Waals surface area contributed by atoms with Gasteiger partial charge in [0, 0.05) is 38.5 Å². The number of likely N-dealkylation sites (tertiary alicyclic amines) is 1. The molecule has 0 aromatic heterocycles. The van der Waals surface area contributed by atoms with Gasteiger partial charge in [-0.05, 0) is 25.0 Å². The first-order valence-corrected chi connectivity index (χ1v) is 8.72. The highest BCUT2D eigenvalue weighted by Crippen LogP contribution is 2.35. The van der Waals surface area contributed by atoms with Crippen molar-refractivity contribution >= 4 is 35.8 Å². The highest BCUT2D eigenvalue weighted by atomic mass is 127. The number of para-hydroxylation sites is 1. The summed E-state index contributed by atoms with van der Waals surface area (Å²) in [4.78, 5) is 18.2. The van der Waals surface area contributed by atoms with Crippen LogP contribution in [0.1, 0.15) is 19.3 Å². The Labute approximate surface area is 170 Å². The topological polar surface area (TPSA) is 66.0 Å². The van der Waals surface area contributed by atoms with Crippen molar-refractivity contribution in [1.82, 2.24) is 15.5 Å². The fourth-order valence-corrected chi connectivity index (χ4v) is 3.65. The molecule has 1 atom stereocenters. The predicted molar refractivity (Wildman–Crippen MR) is 110 cm³/mol. The van der Waals surface area contributed by atoms with Crippen LogP contribution in [-0.4, -0.2) is 56.6 Å². The summed E-state index contributed by atoms with van der Waals surface area (Å²) >= 11 is 0. The summed E-state index contributed by atoms with van der Waals surface area (Å²) in [7, 11) is 1.75. The Bertz CT molecular complexity index is 658. The van der Waals surface area contributed by atoms with Crippen LogP contribution in [-0.2, 0) is 4.79 Å². The van der Waals surface area contributed by atoms with Gasteiger partial charge in [0.05, 0.1) is 6.54 Å². The molecule has 1 amide bonds. The van der Waals surface area contributed by atoms with E-state index < -0.39 is 0 Å². The molecular formula is C18H26FIN4O2. The number of aliphatic imine (C=N–C) groups is 1. The van der Waals surface area contributed by atoms with Crippen LogP contribution in [0, 0.1) is 11.2 Å². The third kappa shape index (κ3) is 4.99. The molecule has 8 heteroatoms. The van der Waals surface area contributed by atoms with Crippen molar-refractivity contribution in [1.29, 1.82) is 0 Å². The Hall–Kier alpha value is -1.58. The molecular weight excluding hydrogens is 450 g/mol. The third-order valence-corrected chi connectivity index (χ3v) is 4.85. The smallest absolute Gasteiger partial charge is 0.220 e. The van der Waals surface area contributed by atoms with Crippen molar-refractivity contribution < 1.29 is 13.9 Å². The molecule has 1 spiro atoms. The molecule has 2 saturated heterocycles. The van der Waals surface area contributed by atoms with E-state index in [4.69, 9.17) is 4.74 Å². The van der Waals surface area contributed by atoms with E-state index in [1.165, 1.54) is 6.07 Å². The molecule has 144 valence electrons. The van der Waals surface area contributed by atoms with Gasteiger partial charge in [0.2, 0.25) is 5.91 Å². The maximum absolute atomic E-state index is 13.5. The summed E-state index contributed by atoms with van der Waals surface area (Å²) in [5.41, 5.74) is 0.0244. The van der Waals surface area contributed by atoms with Crippen molar-refractivity contribution in [3.63, 3.8) is 0 Å². The molecule has 2 aliphatic heterocycles. The summed E-state index contributed by atoms with van der Waals surface area (Å²) in [6.45, 7) is 3.36. The third-order valence-electron chi connectivity index (χ3n) is 4.85. The molecule has 1 aromatic rings. The van der Waals surface area contributed by atoms with Gasteiger partial charge >= 0.3 is 0 Å². The van der Waals surface area contributed by atoms with Crippen molar-refractivity contribution in [2.24, 2.45) is 10.4 Å². The summed E-state index contributed by atoms with van der Waals surface area (Å²) in [6, 6.07) is 6.38. The lowest BCUT2D eigenvalue weighted by Crippen LogP contribution is -2.51. The van der Waals surface area contributed by atoms with E-state index in [1.54, 1.807) is 25.2 Å². The lowest BCUT2D eigenvalue weighted by molar-refractivity contribution is -0.119. The molecule has 0 saturated carbocycles. The van der Waals surface area contributed by atoms with Gasteiger partial charge in [-0.15, -0.1) is 24.0 Å². The number of amides is 1. The fraction of sp³-hybridized carbons (Fsp3) is 0.556. The highest BCUT2D eigenvalue weighted by Gasteiger charge is 2.42. The maximum Gasteiger partial charge on any atom is 0.220 e. The Morgan fingerprint density at radius 1 is 1.46 bits per heavy atom. The van der Waals surface area contributed by atoms with Crippen LogP contribution >= 0.6 is 24.0 Å². The fourth-order valence-electron chi connectivity index (χ4n) is 3.65. The normalized spacial score (nSPS) is 22.8. The average molecular weight is 476 g/mol. The average Bonchev–Trinajstić information content (AvgIpc) is 2.96. The number of carbonyl (C=O) groups excluding carboxylic acids is 1. The van der Waals surface area contributed by atoms with Crippen LogP contribution < -0.4 is 15.4 Å². The summed E-state index contributed by atoms with van der Waals surface area (Å²) < 4.78 is 19.0. The summed E-state index contributed by atoms with van der Waals surface area (Å²) in [5, 5.41) is 6.22. The Kier molecular flexibility index (Phi) is 7.48. The van der Waals surface area contributed by atoms with Crippen LogP contribution in [0.2, 0.25) is 0 Å². The zero-order valence-electron chi connectivity index (χ0n) is 15.0. The minimum Gasteiger partial charge on any atom is -0.489 e. The molecule has 0 aliphatic carbocycles. The molecule has 26 heavy (non-hydrogen) atoms. The second kappa shape index (κ2) is 9.38. The number of guanidine groups is 1. The number of nitrogens with zero attached hydrogens (tertiary/aromatic N) is 2. The van der Waals surface area contributed by atoms with Crippen molar-refractivity contribution in [3.8, 4) is 5.75 Å². The quantitative estimate of drug-likeness (QED) is 0.302. The van der Waals surface area contributed by atoms with Crippen molar-refractivity contribution in [2.75, 3.05) is 39.8 Å². The van der Waals surface area contributed by atoms with E-state index in [-0.39, 0.29) is 46.9 Å². The number of carbonyl (C=O) groups is 1. The van der Waals surface area contributed by atoms with Crippen LogP contribution in [0.3, 0.4) is 0 Å². The van der Waals surface area contributed by atoms with Crippen LogP contribution in [0.4, 0.5) is 4.39 Å². The van der Waals surface area contributed by atoms with E-state index >= 15 is 0 Å². The van der Waals surface area contributed by atoms with Crippen molar-refractivity contribution in [3.05, 3.63) is 30.1 Å². The number of rotatable bonds is 4. The van der Waals surface area contributed by atoms with E-state index in [0.29, 0.717) is 19.6 Å². The van der Waals surface area contributed by atoms with Crippen molar-refractivity contribution in [2.45, 2.75) is 19.3 Å². The highest BCUT2D eigenvalue weighted by molar-refractivity contribution is 14.0.